The zero-order valence-electron chi connectivity index (χ0n) is 17.8. The number of nitrogens with zero attached hydrogens (tertiary/aromatic N) is 1. The fourth-order valence-electron chi connectivity index (χ4n) is 2.88. The molecule has 3 aromatic carbocycles. The van der Waals surface area contributed by atoms with E-state index in [0.717, 1.165) is 5.56 Å². The van der Waals surface area contributed by atoms with Crippen molar-refractivity contribution in [3.05, 3.63) is 104 Å². The number of nitro groups is 1. The van der Waals surface area contributed by atoms with E-state index < -0.39 is 16.7 Å². The van der Waals surface area contributed by atoms with Crippen molar-refractivity contribution >= 4 is 45.2 Å². The first-order valence-corrected chi connectivity index (χ1v) is 10.5. The standard InChI is InChI=1S/C24H20BrN3O5/c1-15-6-8-17(9-7-15)26-24(30)22(13-16-4-3-5-18(12-16)28(31)32)27-23(29)20-14-19(33-2)10-11-21(20)25/h3-14H,1-2H3,(H,26,30)(H,27,29)/b22-13-. The second-order valence-electron chi connectivity index (χ2n) is 7.03. The summed E-state index contributed by atoms with van der Waals surface area (Å²) in [6.45, 7) is 1.92. The van der Waals surface area contributed by atoms with Crippen molar-refractivity contribution in [2.45, 2.75) is 6.92 Å². The number of methoxy groups -OCH3 is 1. The van der Waals surface area contributed by atoms with Gasteiger partial charge in [-0.15, -0.1) is 0 Å². The molecule has 0 aromatic heterocycles. The van der Waals surface area contributed by atoms with Gasteiger partial charge in [-0.1, -0.05) is 29.8 Å². The molecule has 2 amide bonds. The molecule has 9 heteroatoms. The number of carbonyl (C=O) groups excluding carboxylic acids is 2. The maximum atomic E-state index is 13.0. The molecule has 168 valence electrons. The summed E-state index contributed by atoms with van der Waals surface area (Å²) in [6.07, 6.45) is 1.38. The van der Waals surface area contributed by atoms with E-state index in [2.05, 4.69) is 26.6 Å². The third-order valence-electron chi connectivity index (χ3n) is 4.61. The van der Waals surface area contributed by atoms with E-state index >= 15 is 0 Å². The summed E-state index contributed by atoms with van der Waals surface area (Å²) < 4.78 is 5.68. The number of halogens is 1. The average molecular weight is 510 g/mol. The largest absolute Gasteiger partial charge is 0.497 e. The Hall–Kier alpha value is -3.98. The topological polar surface area (TPSA) is 111 Å². The summed E-state index contributed by atoms with van der Waals surface area (Å²) in [5, 5.41) is 16.5. The number of hydrogen-bond acceptors (Lipinski definition) is 5. The molecule has 0 aliphatic carbocycles. The zero-order valence-corrected chi connectivity index (χ0v) is 19.4. The lowest BCUT2D eigenvalue weighted by Gasteiger charge is -2.13. The van der Waals surface area contributed by atoms with Crippen molar-refractivity contribution < 1.29 is 19.2 Å². The molecule has 3 aromatic rings. The average Bonchev–Trinajstić information content (AvgIpc) is 2.80. The first kappa shape index (κ1) is 23.7. The molecule has 0 aliphatic rings. The summed E-state index contributed by atoms with van der Waals surface area (Å²) in [7, 11) is 1.48. The molecule has 0 unspecified atom stereocenters. The third-order valence-corrected chi connectivity index (χ3v) is 5.30. The molecule has 0 atom stereocenters. The lowest BCUT2D eigenvalue weighted by molar-refractivity contribution is -0.384. The van der Waals surface area contributed by atoms with E-state index in [1.54, 1.807) is 30.3 Å². The van der Waals surface area contributed by atoms with Crippen LogP contribution in [-0.4, -0.2) is 23.8 Å². The highest BCUT2D eigenvalue weighted by atomic mass is 79.9. The number of non-ortho nitro benzene ring substituents is 1. The summed E-state index contributed by atoms with van der Waals surface area (Å²) >= 11 is 3.33. The van der Waals surface area contributed by atoms with Crippen LogP contribution < -0.4 is 15.4 Å². The Morgan fingerprint density at radius 3 is 2.45 bits per heavy atom. The summed E-state index contributed by atoms with van der Waals surface area (Å²) in [5.41, 5.74) is 1.97. The Balaban J connectivity index is 1.96. The highest BCUT2D eigenvalue weighted by Crippen LogP contribution is 2.23. The highest BCUT2D eigenvalue weighted by molar-refractivity contribution is 9.10. The van der Waals surface area contributed by atoms with Gasteiger partial charge in [0.05, 0.1) is 17.6 Å². The smallest absolute Gasteiger partial charge is 0.272 e. The van der Waals surface area contributed by atoms with Crippen molar-refractivity contribution in [3.63, 3.8) is 0 Å². The normalized spacial score (nSPS) is 10.9. The maximum absolute atomic E-state index is 13.0. The quantitative estimate of drug-likeness (QED) is 0.262. The van der Waals surface area contributed by atoms with Crippen LogP contribution in [0, 0.1) is 17.0 Å². The van der Waals surface area contributed by atoms with Crippen LogP contribution in [0.4, 0.5) is 11.4 Å². The fourth-order valence-corrected chi connectivity index (χ4v) is 3.31. The Bertz CT molecular complexity index is 1240. The van der Waals surface area contributed by atoms with E-state index in [4.69, 9.17) is 4.74 Å². The summed E-state index contributed by atoms with van der Waals surface area (Å²) in [4.78, 5) is 36.6. The monoisotopic (exact) mass is 509 g/mol. The van der Waals surface area contributed by atoms with E-state index in [9.17, 15) is 19.7 Å². The van der Waals surface area contributed by atoms with Gasteiger partial charge in [0, 0.05) is 22.3 Å². The number of nitrogens with one attached hydrogen (secondary N) is 2. The number of nitro benzene ring substituents is 1. The van der Waals surface area contributed by atoms with Crippen LogP contribution in [0.25, 0.3) is 6.08 Å². The van der Waals surface area contributed by atoms with Crippen LogP contribution in [-0.2, 0) is 4.79 Å². The first-order chi connectivity index (χ1) is 15.8. The predicted octanol–water partition coefficient (Wildman–Crippen LogP) is 5.08. The minimum Gasteiger partial charge on any atom is -0.497 e. The number of hydrogen-bond donors (Lipinski definition) is 2. The van der Waals surface area contributed by atoms with Crippen LogP contribution in [0.5, 0.6) is 5.75 Å². The van der Waals surface area contributed by atoms with Gasteiger partial charge in [0.15, 0.2) is 0 Å². The van der Waals surface area contributed by atoms with E-state index in [0.29, 0.717) is 21.5 Å². The molecule has 0 saturated heterocycles. The second kappa shape index (κ2) is 10.6. The molecule has 3 rings (SSSR count). The number of carbonyl (C=O) groups is 2. The molecule has 0 aliphatic heterocycles. The molecule has 33 heavy (non-hydrogen) atoms. The Morgan fingerprint density at radius 1 is 1.06 bits per heavy atom. The van der Waals surface area contributed by atoms with Crippen LogP contribution >= 0.6 is 15.9 Å². The Labute approximate surface area is 198 Å². The molecular formula is C24H20BrN3O5. The molecule has 8 nitrogen and oxygen atoms in total. The summed E-state index contributed by atoms with van der Waals surface area (Å²) in [6, 6.07) is 17.8. The third kappa shape index (κ3) is 6.27. The van der Waals surface area contributed by atoms with E-state index in [-0.39, 0.29) is 16.9 Å². The fraction of sp³-hybridized carbons (Fsp3) is 0.0833. The first-order valence-electron chi connectivity index (χ1n) is 9.76. The summed E-state index contributed by atoms with van der Waals surface area (Å²) in [5.74, 6) is -0.675. The molecule has 0 spiro atoms. The number of benzene rings is 3. The molecule has 0 fully saturated rings. The zero-order chi connectivity index (χ0) is 24.0. The van der Waals surface area contributed by atoms with Gasteiger partial charge in [0.25, 0.3) is 17.5 Å². The van der Waals surface area contributed by atoms with E-state index in [1.807, 2.05) is 19.1 Å². The number of rotatable bonds is 7. The molecule has 0 radical (unpaired) electrons. The van der Waals surface area contributed by atoms with Gasteiger partial charge in [-0.2, -0.15) is 0 Å². The van der Waals surface area contributed by atoms with Crippen molar-refractivity contribution in [2.75, 3.05) is 12.4 Å². The predicted molar refractivity (Wildman–Crippen MR) is 129 cm³/mol. The van der Waals surface area contributed by atoms with Crippen LogP contribution in [0.2, 0.25) is 0 Å². The maximum Gasteiger partial charge on any atom is 0.272 e. The van der Waals surface area contributed by atoms with Gasteiger partial charge in [0.2, 0.25) is 0 Å². The lowest BCUT2D eigenvalue weighted by atomic mass is 10.1. The van der Waals surface area contributed by atoms with Crippen LogP contribution in [0.3, 0.4) is 0 Å². The Morgan fingerprint density at radius 2 is 1.79 bits per heavy atom. The van der Waals surface area contributed by atoms with Crippen LogP contribution in [0.1, 0.15) is 21.5 Å². The van der Waals surface area contributed by atoms with Gasteiger partial charge >= 0.3 is 0 Å². The molecule has 2 N–H and O–H groups in total. The molecule has 0 heterocycles. The number of anilines is 1. The van der Waals surface area contributed by atoms with Crippen molar-refractivity contribution in [1.29, 1.82) is 0 Å². The number of amides is 2. The van der Waals surface area contributed by atoms with Crippen molar-refractivity contribution in [3.8, 4) is 5.75 Å². The molecule has 0 bridgehead atoms. The van der Waals surface area contributed by atoms with Crippen molar-refractivity contribution in [1.82, 2.24) is 5.32 Å². The van der Waals surface area contributed by atoms with Gasteiger partial charge in [0.1, 0.15) is 11.4 Å². The Kier molecular flexibility index (Phi) is 7.57. The van der Waals surface area contributed by atoms with Gasteiger partial charge in [-0.3, -0.25) is 19.7 Å². The second-order valence-corrected chi connectivity index (χ2v) is 7.88. The minimum atomic E-state index is -0.585. The lowest BCUT2D eigenvalue weighted by Crippen LogP contribution is -2.31. The minimum absolute atomic E-state index is 0.0872. The van der Waals surface area contributed by atoms with Gasteiger partial charge in [-0.25, -0.2) is 0 Å². The number of aryl methyl sites for hydroxylation is 1. The van der Waals surface area contributed by atoms with Crippen LogP contribution in [0.15, 0.2) is 76.9 Å². The highest BCUT2D eigenvalue weighted by Gasteiger charge is 2.18. The van der Waals surface area contributed by atoms with Crippen molar-refractivity contribution in [2.24, 2.45) is 0 Å². The SMILES string of the molecule is COc1ccc(Br)c(C(=O)N/C(=C\c2cccc([N+](=O)[O-])c2)C(=O)Nc2ccc(C)cc2)c1. The molecular weight excluding hydrogens is 490 g/mol. The molecule has 0 saturated carbocycles. The van der Waals surface area contributed by atoms with Gasteiger partial charge in [-0.05, 0) is 64.8 Å². The van der Waals surface area contributed by atoms with Gasteiger partial charge < -0.3 is 15.4 Å². The number of ether oxygens (including phenoxy) is 1. The van der Waals surface area contributed by atoms with E-state index in [1.165, 1.54) is 37.5 Å².